The third-order valence-corrected chi connectivity index (χ3v) is 2.41. The summed E-state index contributed by atoms with van der Waals surface area (Å²) in [5.74, 6) is 0.558. The Balaban J connectivity index is 2.56. The van der Waals surface area contributed by atoms with Crippen molar-refractivity contribution in [1.82, 2.24) is 19.8 Å². The van der Waals surface area contributed by atoms with E-state index in [2.05, 4.69) is 29.0 Å². The Morgan fingerprint density at radius 2 is 2.18 bits per heavy atom. The largest absolute Gasteiger partial charge is 0.333 e. The summed E-state index contributed by atoms with van der Waals surface area (Å²) in [6.07, 6.45) is 5.73. The number of rotatable bonds is 5. The summed E-state index contributed by atoms with van der Waals surface area (Å²) < 4.78 is 1.46. The molecule has 1 heterocycles. The molecule has 96 valence electrons. The number of carbonyl (C=O) groups is 1. The second kappa shape index (κ2) is 6.39. The van der Waals surface area contributed by atoms with E-state index in [1.807, 2.05) is 14.1 Å². The van der Waals surface area contributed by atoms with Crippen molar-refractivity contribution in [2.24, 2.45) is 5.92 Å². The summed E-state index contributed by atoms with van der Waals surface area (Å²) in [4.78, 5) is 17.8. The molecule has 1 aromatic heterocycles. The molecule has 1 aromatic rings. The molecule has 0 aliphatic rings. The van der Waals surface area contributed by atoms with Gasteiger partial charge in [-0.15, -0.1) is 0 Å². The lowest BCUT2D eigenvalue weighted by molar-refractivity contribution is 0.230. The molecule has 0 bridgehead atoms. The number of hydrogen-bond donors (Lipinski definition) is 1. The first-order valence-electron chi connectivity index (χ1n) is 5.92. The van der Waals surface area contributed by atoms with Crippen molar-refractivity contribution in [2.45, 2.75) is 26.3 Å². The van der Waals surface area contributed by atoms with Crippen LogP contribution in [0.5, 0.6) is 0 Å². The minimum absolute atomic E-state index is 0.116. The fraction of sp³-hybridized carbons (Fsp3) is 0.667. The maximum absolute atomic E-state index is 11.9. The Morgan fingerprint density at radius 3 is 2.65 bits per heavy atom. The highest BCUT2D eigenvalue weighted by Crippen LogP contribution is 2.06. The van der Waals surface area contributed by atoms with Gasteiger partial charge in [0, 0.05) is 25.0 Å². The van der Waals surface area contributed by atoms with Gasteiger partial charge >= 0.3 is 6.03 Å². The summed E-state index contributed by atoms with van der Waals surface area (Å²) in [6.45, 7) is 5.16. The second-order valence-corrected chi connectivity index (χ2v) is 5.01. The molecule has 1 atom stereocenters. The molecule has 0 aliphatic carbocycles. The number of amides is 1. The van der Waals surface area contributed by atoms with Gasteiger partial charge in [0.15, 0.2) is 0 Å². The number of nitrogens with one attached hydrogen (secondary N) is 1. The molecule has 5 heteroatoms. The Hall–Kier alpha value is -1.36. The van der Waals surface area contributed by atoms with E-state index in [1.165, 1.54) is 10.9 Å². The number of carbonyl (C=O) groups excluding carboxylic acids is 1. The van der Waals surface area contributed by atoms with Gasteiger partial charge in [-0.3, -0.25) is 4.57 Å². The van der Waals surface area contributed by atoms with Crippen molar-refractivity contribution in [3.8, 4) is 0 Å². The van der Waals surface area contributed by atoms with Crippen molar-refractivity contribution >= 4 is 6.03 Å². The first kappa shape index (κ1) is 13.7. The Morgan fingerprint density at radius 1 is 1.47 bits per heavy atom. The molecule has 0 radical (unpaired) electrons. The molecule has 1 N–H and O–H groups in total. The van der Waals surface area contributed by atoms with Gasteiger partial charge in [0.1, 0.15) is 6.33 Å². The minimum Gasteiger partial charge on any atom is -0.333 e. The molecule has 1 amide bonds. The van der Waals surface area contributed by atoms with E-state index < -0.39 is 0 Å². The van der Waals surface area contributed by atoms with Crippen LogP contribution >= 0.6 is 0 Å². The maximum Gasteiger partial charge on any atom is 0.327 e. The average molecular weight is 238 g/mol. The Bertz CT molecular complexity index is 322. The van der Waals surface area contributed by atoms with Crippen molar-refractivity contribution in [3.63, 3.8) is 0 Å². The van der Waals surface area contributed by atoms with Crippen LogP contribution in [0.1, 0.15) is 20.3 Å². The molecule has 0 aromatic carbocycles. The second-order valence-electron chi connectivity index (χ2n) is 5.01. The molecule has 0 saturated carbocycles. The van der Waals surface area contributed by atoms with Gasteiger partial charge in [0.05, 0.1) is 0 Å². The van der Waals surface area contributed by atoms with E-state index >= 15 is 0 Å². The SMILES string of the molecule is CC(C)CC(CN(C)C)NC(=O)n1ccnc1. The summed E-state index contributed by atoms with van der Waals surface area (Å²) in [7, 11) is 4.02. The Labute approximate surface area is 103 Å². The van der Waals surface area contributed by atoms with Crippen LogP contribution in [-0.4, -0.2) is 47.2 Å². The van der Waals surface area contributed by atoms with Gasteiger partial charge in [-0.25, -0.2) is 9.78 Å². The van der Waals surface area contributed by atoms with Crippen LogP contribution in [-0.2, 0) is 0 Å². The first-order chi connectivity index (χ1) is 7.99. The van der Waals surface area contributed by atoms with Gasteiger partial charge in [-0.2, -0.15) is 0 Å². The van der Waals surface area contributed by atoms with E-state index in [0.29, 0.717) is 5.92 Å². The zero-order chi connectivity index (χ0) is 12.8. The van der Waals surface area contributed by atoms with Crippen molar-refractivity contribution in [3.05, 3.63) is 18.7 Å². The average Bonchev–Trinajstić information content (AvgIpc) is 2.67. The summed E-state index contributed by atoms with van der Waals surface area (Å²) in [5.41, 5.74) is 0. The van der Waals surface area contributed by atoms with Gasteiger partial charge in [-0.05, 0) is 26.4 Å². The zero-order valence-electron chi connectivity index (χ0n) is 11.1. The third-order valence-electron chi connectivity index (χ3n) is 2.41. The predicted octanol–water partition coefficient (Wildman–Crippen LogP) is 1.42. The van der Waals surface area contributed by atoms with Crippen molar-refractivity contribution < 1.29 is 4.79 Å². The minimum atomic E-state index is -0.116. The fourth-order valence-electron chi connectivity index (χ4n) is 1.82. The quantitative estimate of drug-likeness (QED) is 0.844. The lowest BCUT2D eigenvalue weighted by Crippen LogP contribution is -2.43. The van der Waals surface area contributed by atoms with E-state index in [-0.39, 0.29) is 12.1 Å². The van der Waals surface area contributed by atoms with E-state index in [0.717, 1.165) is 13.0 Å². The molecule has 1 rings (SSSR count). The maximum atomic E-state index is 11.9. The molecule has 0 spiro atoms. The van der Waals surface area contributed by atoms with Crippen LogP contribution in [0, 0.1) is 5.92 Å². The summed E-state index contributed by atoms with van der Waals surface area (Å²) in [6, 6.07) is 0.0508. The fourth-order valence-corrected chi connectivity index (χ4v) is 1.82. The lowest BCUT2D eigenvalue weighted by Gasteiger charge is -2.23. The molecule has 17 heavy (non-hydrogen) atoms. The van der Waals surface area contributed by atoms with Crippen LogP contribution in [0.4, 0.5) is 4.79 Å². The number of imidazole rings is 1. The van der Waals surface area contributed by atoms with Gasteiger partial charge in [-0.1, -0.05) is 13.8 Å². The molecule has 0 aliphatic heterocycles. The van der Waals surface area contributed by atoms with Crippen LogP contribution in [0.3, 0.4) is 0 Å². The standard InChI is InChI=1S/C12H22N4O/c1-10(2)7-11(8-15(3)4)14-12(17)16-6-5-13-9-16/h5-6,9-11H,7-8H2,1-4H3,(H,14,17). The van der Waals surface area contributed by atoms with Gasteiger partial charge < -0.3 is 10.2 Å². The smallest absolute Gasteiger partial charge is 0.327 e. The van der Waals surface area contributed by atoms with Crippen molar-refractivity contribution in [1.29, 1.82) is 0 Å². The topological polar surface area (TPSA) is 50.2 Å². The predicted molar refractivity (Wildman–Crippen MR) is 68.0 cm³/mol. The molecule has 5 nitrogen and oxygen atoms in total. The zero-order valence-corrected chi connectivity index (χ0v) is 11.1. The molecular weight excluding hydrogens is 216 g/mol. The van der Waals surface area contributed by atoms with Gasteiger partial charge in [0.25, 0.3) is 0 Å². The summed E-state index contributed by atoms with van der Waals surface area (Å²) >= 11 is 0. The highest BCUT2D eigenvalue weighted by molar-refractivity contribution is 5.76. The van der Waals surface area contributed by atoms with Crippen LogP contribution in [0.25, 0.3) is 0 Å². The molecular formula is C12H22N4O. The Kier molecular flexibility index (Phi) is 5.15. The van der Waals surface area contributed by atoms with Crippen LogP contribution in [0.2, 0.25) is 0 Å². The lowest BCUT2D eigenvalue weighted by atomic mass is 10.0. The van der Waals surface area contributed by atoms with Crippen LogP contribution in [0.15, 0.2) is 18.7 Å². The molecule has 0 saturated heterocycles. The van der Waals surface area contributed by atoms with Crippen LogP contribution < -0.4 is 5.32 Å². The highest BCUT2D eigenvalue weighted by Gasteiger charge is 2.15. The van der Waals surface area contributed by atoms with Crippen molar-refractivity contribution in [2.75, 3.05) is 20.6 Å². The van der Waals surface area contributed by atoms with E-state index in [1.54, 1.807) is 12.4 Å². The van der Waals surface area contributed by atoms with Gasteiger partial charge in [0.2, 0.25) is 0 Å². The number of nitrogens with zero attached hydrogens (tertiary/aromatic N) is 3. The molecule has 0 fully saturated rings. The summed E-state index contributed by atoms with van der Waals surface area (Å²) in [5, 5.41) is 3.02. The van der Waals surface area contributed by atoms with E-state index in [4.69, 9.17) is 0 Å². The number of aromatic nitrogens is 2. The molecule has 1 unspecified atom stereocenters. The third kappa shape index (κ3) is 4.99. The number of likely N-dealkylation sites (N-methyl/N-ethyl adjacent to an activating group) is 1. The van der Waals surface area contributed by atoms with E-state index in [9.17, 15) is 4.79 Å². The highest BCUT2D eigenvalue weighted by atomic mass is 16.2. The normalized spacial score (nSPS) is 13.1. The number of hydrogen-bond acceptors (Lipinski definition) is 3. The monoisotopic (exact) mass is 238 g/mol. The first-order valence-corrected chi connectivity index (χ1v) is 5.92.